The summed E-state index contributed by atoms with van der Waals surface area (Å²) >= 11 is 0. The summed E-state index contributed by atoms with van der Waals surface area (Å²) in [7, 11) is 3.69. The van der Waals surface area contributed by atoms with Crippen LogP contribution < -0.4 is 15.2 Å². The molecule has 0 spiro atoms. The highest BCUT2D eigenvalue weighted by molar-refractivity contribution is 5.56. The molecule has 2 rings (SSSR count). The third kappa shape index (κ3) is 3.27. The van der Waals surface area contributed by atoms with E-state index in [1.54, 1.807) is 13.2 Å². The van der Waals surface area contributed by atoms with Gasteiger partial charge in [-0.05, 0) is 19.2 Å². The van der Waals surface area contributed by atoms with Crippen LogP contribution >= 0.6 is 0 Å². The second kappa shape index (κ2) is 5.93. The number of likely N-dealkylation sites (N-methyl/N-ethyl adjacent to an activating group) is 1. The molecule has 0 radical (unpaired) electrons. The van der Waals surface area contributed by atoms with Crippen molar-refractivity contribution in [1.82, 2.24) is 4.90 Å². The average molecular weight is 252 g/mol. The van der Waals surface area contributed by atoms with Crippen molar-refractivity contribution in [3.05, 3.63) is 18.2 Å². The molecule has 0 amide bonds. The molecule has 0 bridgehead atoms. The number of morpholine rings is 1. The molecule has 0 aliphatic carbocycles. The number of ether oxygens (including phenoxy) is 3. The van der Waals surface area contributed by atoms with Crippen molar-refractivity contribution < 1.29 is 14.2 Å². The Hall–Kier alpha value is -1.46. The fraction of sp³-hybridized carbons (Fsp3) is 0.538. The number of nitrogens with two attached hydrogens (primary N) is 1. The second-order valence-corrected chi connectivity index (χ2v) is 4.47. The third-order valence-corrected chi connectivity index (χ3v) is 2.98. The molecule has 1 unspecified atom stereocenters. The number of nitrogens with zero attached hydrogens (tertiary/aromatic N) is 1. The Bertz CT molecular complexity index is 398. The lowest BCUT2D eigenvalue weighted by molar-refractivity contribution is -0.0402. The topological polar surface area (TPSA) is 57.0 Å². The first-order valence-corrected chi connectivity index (χ1v) is 6.05. The zero-order valence-electron chi connectivity index (χ0n) is 10.9. The molecule has 1 aromatic carbocycles. The van der Waals surface area contributed by atoms with E-state index in [1.165, 1.54) is 0 Å². The van der Waals surface area contributed by atoms with Gasteiger partial charge in [0.05, 0.1) is 19.4 Å². The molecule has 1 heterocycles. The van der Waals surface area contributed by atoms with E-state index in [0.29, 0.717) is 18.0 Å². The van der Waals surface area contributed by atoms with Crippen LogP contribution in [0.1, 0.15) is 0 Å². The normalized spacial score (nSPS) is 20.7. The van der Waals surface area contributed by atoms with Gasteiger partial charge in [-0.25, -0.2) is 0 Å². The van der Waals surface area contributed by atoms with Crippen molar-refractivity contribution in [3.63, 3.8) is 0 Å². The van der Waals surface area contributed by atoms with Crippen molar-refractivity contribution in [2.75, 3.05) is 46.2 Å². The van der Waals surface area contributed by atoms with Gasteiger partial charge in [-0.3, -0.25) is 0 Å². The minimum Gasteiger partial charge on any atom is -0.497 e. The standard InChI is InChI=1S/C13H20N2O3/c1-15-5-6-17-11(8-15)9-18-13-4-3-10(16-2)7-12(13)14/h3-4,7,11H,5-6,8-9,14H2,1-2H3. The summed E-state index contributed by atoms with van der Waals surface area (Å²) in [6.45, 7) is 3.13. The molecule has 0 saturated carbocycles. The zero-order chi connectivity index (χ0) is 13.0. The third-order valence-electron chi connectivity index (χ3n) is 2.98. The van der Waals surface area contributed by atoms with Gasteiger partial charge < -0.3 is 24.8 Å². The van der Waals surface area contributed by atoms with E-state index in [0.717, 1.165) is 25.4 Å². The van der Waals surface area contributed by atoms with Crippen molar-refractivity contribution in [2.24, 2.45) is 0 Å². The van der Waals surface area contributed by atoms with Crippen LogP contribution in [0.5, 0.6) is 11.5 Å². The lowest BCUT2D eigenvalue weighted by Crippen LogP contribution is -2.42. The number of benzene rings is 1. The highest BCUT2D eigenvalue weighted by Crippen LogP contribution is 2.26. The van der Waals surface area contributed by atoms with Gasteiger partial charge in [-0.1, -0.05) is 0 Å². The Morgan fingerprint density at radius 3 is 3.00 bits per heavy atom. The van der Waals surface area contributed by atoms with Gasteiger partial charge in [0.25, 0.3) is 0 Å². The van der Waals surface area contributed by atoms with Crippen LogP contribution in [0.3, 0.4) is 0 Å². The maximum atomic E-state index is 5.88. The van der Waals surface area contributed by atoms with Gasteiger partial charge in [0.2, 0.25) is 0 Å². The number of methoxy groups -OCH3 is 1. The number of anilines is 1. The lowest BCUT2D eigenvalue weighted by Gasteiger charge is -2.29. The van der Waals surface area contributed by atoms with Crippen molar-refractivity contribution in [1.29, 1.82) is 0 Å². The SMILES string of the molecule is COc1ccc(OCC2CN(C)CCO2)c(N)c1. The first kappa shape index (κ1) is 13.0. The van der Waals surface area contributed by atoms with Crippen LogP contribution in [0.25, 0.3) is 0 Å². The molecule has 1 aliphatic heterocycles. The van der Waals surface area contributed by atoms with E-state index in [2.05, 4.69) is 11.9 Å². The van der Waals surface area contributed by atoms with Crippen LogP contribution in [0.4, 0.5) is 5.69 Å². The molecule has 0 aromatic heterocycles. The van der Waals surface area contributed by atoms with Gasteiger partial charge in [0, 0.05) is 19.2 Å². The Kier molecular flexibility index (Phi) is 4.28. The van der Waals surface area contributed by atoms with Crippen molar-refractivity contribution >= 4 is 5.69 Å². The molecule has 1 aromatic rings. The van der Waals surface area contributed by atoms with Gasteiger partial charge >= 0.3 is 0 Å². The Labute approximate surface area is 107 Å². The molecule has 1 aliphatic rings. The van der Waals surface area contributed by atoms with Crippen LogP contribution in [-0.2, 0) is 4.74 Å². The summed E-state index contributed by atoms with van der Waals surface area (Å²) in [5, 5.41) is 0. The molecule has 5 heteroatoms. The number of hydrogen-bond donors (Lipinski definition) is 1. The van der Waals surface area contributed by atoms with E-state index in [4.69, 9.17) is 19.9 Å². The fourth-order valence-corrected chi connectivity index (χ4v) is 1.94. The van der Waals surface area contributed by atoms with Crippen LogP contribution in [0.15, 0.2) is 18.2 Å². The average Bonchev–Trinajstić information content (AvgIpc) is 2.37. The van der Waals surface area contributed by atoms with Crippen molar-refractivity contribution in [2.45, 2.75) is 6.10 Å². The van der Waals surface area contributed by atoms with E-state index in [-0.39, 0.29) is 6.10 Å². The first-order valence-electron chi connectivity index (χ1n) is 6.05. The summed E-state index contributed by atoms with van der Waals surface area (Å²) in [4.78, 5) is 2.23. The van der Waals surface area contributed by atoms with Crippen molar-refractivity contribution in [3.8, 4) is 11.5 Å². The van der Waals surface area contributed by atoms with E-state index >= 15 is 0 Å². The molecule has 1 saturated heterocycles. The molecule has 2 N–H and O–H groups in total. The molecule has 1 fully saturated rings. The molecule has 5 nitrogen and oxygen atoms in total. The number of hydrogen-bond acceptors (Lipinski definition) is 5. The monoisotopic (exact) mass is 252 g/mol. The van der Waals surface area contributed by atoms with Crippen LogP contribution in [-0.4, -0.2) is 51.5 Å². The van der Waals surface area contributed by atoms with E-state index in [9.17, 15) is 0 Å². The lowest BCUT2D eigenvalue weighted by atomic mass is 10.2. The number of rotatable bonds is 4. The minimum atomic E-state index is 0.102. The quantitative estimate of drug-likeness (QED) is 0.810. The van der Waals surface area contributed by atoms with Crippen LogP contribution in [0, 0.1) is 0 Å². The minimum absolute atomic E-state index is 0.102. The summed E-state index contributed by atoms with van der Waals surface area (Å²) in [5.74, 6) is 1.40. The summed E-state index contributed by atoms with van der Waals surface area (Å²) in [6, 6.07) is 5.41. The highest BCUT2D eigenvalue weighted by atomic mass is 16.5. The van der Waals surface area contributed by atoms with E-state index in [1.807, 2.05) is 12.1 Å². The van der Waals surface area contributed by atoms with E-state index < -0.39 is 0 Å². The molecule has 100 valence electrons. The smallest absolute Gasteiger partial charge is 0.142 e. The summed E-state index contributed by atoms with van der Waals surface area (Å²) in [5.41, 5.74) is 6.47. The number of nitrogen functional groups attached to an aromatic ring is 1. The van der Waals surface area contributed by atoms with Gasteiger partial charge in [-0.2, -0.15) is 0 Å². The summed E-state index contributed by atoms with van der Waals surface area (Å²) in [6.07, 6.45) is 0.102. The maximum Gasteiger partial charge on any atom is 0.142 e. The maximum absolute atomic E-state index is 5.88. The predicted molar refractivity (Wildman–Crippen MR) is 70.1 cm³/mol. The predicted octanol–water partition coefficient (Wildman–Crippen LogP) is 0.987. The fourth-order valence-electron chi connectivity index (χ4n) is 1.94. The van der Waals surface area contributed by atoms with Gasteiger partial charge in [0.1, 0.15) is 24.2 Å². The largest absolute Gasteiger partial charge is 0.497 e. The van der Waals surface area contributed by atoms with Crippen LogP contribution in [0.2, 0.25) is 0 Å². The summed E-state index contributed by atoms with van der Waals surface area (Å²) < 4.78 is 16.4. The second-order valence-electron chi connectivity index (χ2n) is 4.47. The zero-order valence-corrected chi connectivity index (χ0v) is 10.9. The molecular formula is C13H20N2O3. The van der Waals surface area contributed by atoms with Gasteiger partial charge in [0.15, 0.2) is 0 Å². The Balaban J connectivity index is 1.89. The van der Waals surface area contributed by atoms with Gasteiger partial charge in [-0.15, -0.1) is 0 Å². The molecule has 1 atom stereocenters. The highest BCUT2D eigenvalue weighted by Gasteiger charge is 2.18. The molecular weight excluding hydrogens is 232 g/mol. The Morgan fingerprint density at radius 2 is 2.33 bits per heavy atom. The first-order chi connectivity index (χ1) is 8.69. The Morgan fingerprint density at radius 1 is 1.50 bits per heavy atom. The molecule has 18 heavy (non-hydrogen) atoms.